The van der Waals surface area contributed by atoms with Gasteiger partial charge in [-0.25, -0.2) is 0 Å². The van der Waals surface area contributed by atoms with Gasteiger partial charge >= 0.3 is 0 Å². The highest BCUT2D eigenvalue weighted by atomic mass is 32.1. The first-order valence-electron chi connectivity index (χ1n) is 9.71. The van der Waals surface area contributed by atoms with Crippen LogP contribution in [0.5, 0.6) is 11.5 Å². The van der Waals surface area contributed by atoms with Crippen molar-refractivity contribution >= 4 is 34.4 Å². The Morgan fingerprint density at radius 1 is 0.964 bits per heavy atom. The zero-order chi connectivity index (χ0) is 19.2. The number of anilines is 1. The second-order valence-corrected chi connectivity index (χ2v) is 8.43. The van der Waals surface area contributed by atoms with E-state index in [9.17, 15) is 0 Å². The molecule has 4 rings (SSSR count). The van der Waals surface area contributed by atoms with Crippen LogP contribution in [0.3, 0.4) is 0 Å². The van der Waals surface area contributed by atoms with Crippen LogP contribution in [0.2, 0.25) is 0 Å². The molecule has 0 unspecified atom stereocenters. The maximum absolute atomic E-state index is 5.87. The minimum Gasteiger partial charge on any atom is -0.457 e. The Hall–Kier alpha value is -2.37. The van der Waals surface area contributed by atoms with Crippen LogP contribution in [0.1, 0.15) is 30.6 Å². The molecule has 5 heteroatoms. The molecular weight excluding hydrogens is 384 g/mol. The Labute approximate surface area is 176 Å². The maximum atomic E-state index is 5.87. The van der Waals surface area contributed by atoms with E-state index in [2.05, 4.69) is 27.7 Å². The van der Waals surface area contributed by atoms with Crippen LogP contribution in [0, 0.1) is 0 Å². The Morgan fingerprint density at radius 2 is 1.68 bits per heavy atom. The molecule has 0 amide bonds. The van der Waals surface area contributed by atoms with Crippen molar-refractivity contribution in [2.75, 3.05) is 5.32 Å². The number of thiocarbonyl (C=S) groups is 1. The van der Waals surface area contributed by atoms with Crippen LogP contribution in [-0.2, 0) is 6.54 Å². The third kappa shape index (κ3) is 4.91. The fourth-order valence-corrected chi connectivity index (χ4v) is 4.61. The molecule has 1 aliphatic rings. The van der Waals surface area contributed by atoms with Gasteiger partial charge in [0, 0.05) is 16.6 Å². The molecule has 0 saturated heterocycles. The summed E-state index contributed by atoms with van der Waals surface area (Å²) in [7, 11) is 0. The molecule has 1 heterocycles. The molecule has 1 saturated carbocycles. The summed E-state index contributed by atoms with van der Waals surface area (Å²) in [5.74, 6) is 1.65. The van der Waals surface area contributed by atoms with E-state index in [1.54, 1.807) is 11.3 Å². The van der Waals surface area contributed by atoms with Crippen molar-refractivity contribution in [2.45, 2.75) is 38.3 Å². The van der Waals surface area contributed by atoms with Gasteiger partial charge in [-0.3, -0.25) is 0 Å². The van der Waals surface area contributed by atoms with Gasteiger partial charge < -0.3 is 15.0 Å². The Morgan fingerprint density at radius 3 is 2.36 bits per heavy atom. The lowest BCUT2D eigenvalue weighted by Crippen LogP contribution is -2.40. The molecule has 2 aromatic carbocycles. The third-order valence-electron chi connectivity index (χ3n) is 5.02. The second-order valence-electron chi connectivity index (χ2n) is 7.02. The van der Waals surface area contributed by atoms with E-state index in [0.717, 1.165) is 28.8 Å². The highest BCUT2D eigenvalue weighted by molar-refractivity contribution is 7.80. The molecule has 28 heavy (non-hydrogen) atoms. The summed E-state index contributed by atoms with van der Waals surface area (Å²) in [6.07, 6.45) is 5.02. The van der Waals surface area contributed by atoms with Crippen molar-refractivity contribution in [2.24, 2.45) is 0 Å². The van der Waals surface area contributed by atoms with Gasteiger partial charge in [0.25, 0.3) is 0 Å². The van der Waals surface area contributed by atoms with E-state index in [-0.39, 0.29) is 0 Å². The van der Waals surface area contributed by atoms with Crippen LogP contribution in [0.4, 0.5) is 5.69 Å². The lowest BCUT2D eigenvalue weighted by atomic mass is 10.2. The molecule has 1 aromatic heterocycles. The number of ether oxygens (including phenoxy) is 1. The summed E-state index contributed by atoms with van der Waals surface area (Å²) in [5.41, 5.74) is 0.986. The molecule has 0 atom stereocenters. The average Bonchev–Trinajstić information content (AvgIpc) is 3.42. The monoisotopic (exact) mass is 408 g/mol. The summed E-state index contributed by atoms with van der Waals surface area (Å²) in [5, 5.41) is 6.36. The fourth-order valence-electron chi connectivity index (χ4n) is 3.58. The summed E-state index contributed by atoms with van der Waals surface area (Å²) < 4.78 is 5.87. The molecule has 144 valence electrons. The minimum atomic E-state index is 0.530. The minimum absolute atomic E-state index is 0.530. The Bertz CT molecular complexity index is 873. The highest BCUT2D eigenvalue weighted by Gasteiger charge is 2.25. The molecule has 0 bridgehead atoms. The van der Waals surface area contributed by atoms with E-state index >= 15 is 0 Å². The van der Waals surface area contributed by atoms with Crippen molar-refractivity contribution in [3.05, 3.63) is 77.0 Å². The standard InChI is InChI=1S/C23H24N2OS2/c27-23(25(19-7-4-5-8-19)17-22-11-6-16-28-22)24-18-12-14-21(15-13-18)26-20-9-2-1-3-10-20/h1-3,6,9-16,19H,4-5,7-8,17H2,(H,24,27). The van der Waals surface area contributed by atoms with E-state index in [1.165, 1.54) is 30.6 Å². The van der Waals surface area contributed by atoms with Gasteiger partial charge in [0.2, 0.25) is 0 Å². The van der Waals surface area contributed by atoms with Crippen LogP contribution >= 0.6 is 23.6 Å². The fraction of sp³-hybridized carbons (Fsp3) is 0.261. The first-order valence-corrected chi connectivity index (χ1v) is 11.0. The summed E-state index contributed by atoms with van der Waals surface area (Å²) >= 11 is 7.58. The lowest BCUT2D eigenvalue weighted by molar-refractivity contribution is 0.314. The number of hydrogen-bond acceptors (Lipinski definition) is 3. The molecule has 1 N–H and O–H groups in total. The van der Waals surface area contributed by atoms with Crippen LogP contribution in [-0.4, -0.2) is 16.1 Å². The van der Waals surface area contributed by atoms with Gasteiger partial charge in [-0.05, 0) is 72.9 Å². The van der Waals surface area contributed by atoms with Gasteiger partial charge in [0.05, 0.1) is 6.54 Å². The Kier molecular flexibility index (Phi) is 6.24. The smallest absolute Gasteiger partial charge is 0.174 e. The third-order valence-corrected chi connectivity index (χ3v) is 6.21. The number of thiophene rings is 1. The summed E-state index contributed by atoms with van der Waals surface area (Å²) in [6, 6.07) is 22.6. The van der Waals surface area contributed by atoms with Gasteiger partial charge in [-0.2, -0.15) is 0 Å². The van der Waals surface area contributed by atoms with Crippen molar-refractivity contribution in [3.63, 3.8) is 0 Å². The number of para-hydroxylation sites is 1. The first kappa shape index (κ1) is 19.0. The van der Waals surface area contributed by atoms with Gasteiger partial charge in [0.1, 0.15) is 11.5 Å². The number of hydrogen-bond donors (Lipinski definition) is 1. The molecule has 1 aliphatic carbocycles. The molecule has 0 spiro atoms. The number of nitrogens with zero attached hydrogens (tertiary/aromatic N) is 1. The predicted octanol–water partition coefficient (Wildman–Crippen LogP) is 6.68. The lowest BCUT2D eigenvalue weighted by Gasteiger charge is -2.31. The Balaban J connectivity index is 1.41. The number of nitrogens with one attached hydrogen (secondary N) is 1. The van der Waals surface area contributed by atoms with E-state index in [0.29, 0.717) is 6.04 Å². The van der Waals surface area contributed by atoms with Crippen molar-refractivity contribution < 1.29 is 4.74 Å². The first-order chi connectivity index (χ1) is 13.8. The maximum Gasteiger partial charge on any atom is 0.174 e. The number of benzene rings is 2. The normalized spacial score (nSPS) is 14.0. The van der Waals surface area contributed by atoms with Crippen molar-refractivity contribution in [1.82, 2.24) is 4.90 Å². The topological polar surface area (TPSA) is 24.5 Å². The molecule has 0 aliphatic heterocycles. The van der Waals surface area contributed by atoms with Crippen LogP contribution in [0.25, 0.3) is 0 Å². The molecular formula is C23H24N2OS2. The molecule has 3 aromatic rings. The van der Waals surface area contributed by atoms with E-state index in [4.69, 9.17) is 17.0 Å². The average molecular weight is 409 g/mol. The SMILES string of the molecule is S=C(Nc1ccc(Oc2ccccc2)cc1)N(Cc1cccs1)C1CCCC1. The quantitative estimate of drug-likeness (QED) is 0.460. The number of rotatable bonds is 6. The highest BCUT2D eigenvalue weighted by Crippen LogP contribution is 2.28. The van der Waals surface area contributed by atoms with Crippen LogP contribution < -0.4 is 10.1 Å². The van der Waals surface area contributed by atoms with Crippen molar-refractivity contribution in [3.8, 4) is 11.5 Å². The van der Waals surface area contributed by atoms with Gasteiger partial charge in [-0.15, -0.1) is 11.3 Å². The van der Waals surface area contributed by atoms with Gasteiger partial charge in [0.15, 0.2) is 5.11 Å². The van der Waals surface area contributed by atoms with Crippen LogP contribution in [0.15, 0.2) is 72.1 Å². The molecule has 3 nitrogen and oxygen atoms in total. The zero-order valence-electron chi connectivity index (χ0n) is 15.7. The van der Waals surface area contributed by atoms with E-state index in [1.807, 2.05) is 54.6 Å². The summed E-state index contributed by atoms with van der Waals surface area (Å²) in [4.78, 5) is 3.71. The van der Waals surface area contributed by atoms with E-state index < -0.39 is 0 Å². The van der Waals surface area contributed by atoms with Crippen molar-refractivity contribution in [1.29, 1.82) is 0 Å². The zero-order valence-corrected chi connectivity index (χ0v) is 17.3. The summed E-state index contributed by atoms with van der Waals surface area (Å²) in [6.45, 7) is 0.878. The molecule has 0 radical (unpaired) electrons. The molecule has 1 fully saturated rings. The largest absolute Gasteiger partial charge is 0.457 e. The van der Waals surface area contributed by atoms with Gasteiger partial charge in [-0.1, -0.05) is 37.1 Å². The predicted molar refractivity (Wildman–Crippen MR) is 121 cm³/mol. The second kappa shape index (κ2) is 9.22.